The van der Waals surface area contributed by atoms with E-state index in [1.54, 1.807) is 0 Å². The van der Waals surface area contributed by atoms with Crippen LogP contribution in [0.3, 0.4) is 0 Å². The van der Waals surface area contributed by atoms with Crippen LogP contribution < -0.4 is 0 Å². The maximum absolute atomic E-state index is 12.2. The van der Waals surface area contributed by atoms with E-state index in [0.29, 0.717) is 4.90 Å². The molecule has 0 spiro atoms. The van der Waals surface area contributed by atoms with Gasteiger partial charge in [0.25, 0.3) is 5.91 Å². The fourth-order valence-electron chi connectivity index (χ4n) is 1.68. The lowest BCUT2D eigenvalue weighted by Gasteiger charge is -2.26. The zero-order valence-corrected chi connectivity index (χ0v) is 8.85. The number of carbonyl (C=O) groups is 1. The SMILES string of the molecule is O=C1c2cc([N+](=O)[O-])nn2CCN1CC(F)(F)F. The minimum Gasteiger partial charge on any atom is -0.358 e. The van der Waals surface area contributed by atoms with E-state index in [4.69, 9.17) is 0 Å². The Morgan fingerprint density at radius 1 is 1.44 bits per heavy atom. The van der Waals surface area contributed by atoms with E-state index < -0.39 is 29.4 Å². The van der Waals surface area contributed by atoms with Crippen molar-refractivity contribution in [1.82, 2.24) is 14.7 Å². The average Bonchev–Trinajstić information content (AvgIpc) is 2.65. The number of aromatic nitrogens is 2. The summed E-state index contributed by atoms with van der Waals surface area (Å²) < 4.78 is 37.6. The van der Waals surface area contributed by atoms with Crippen molar-refractivity contribution >= 4 is 11.7 Å². The average molecular weight is 264 g/mol. The summed E-state index contributed by atoms with van der Waals surface area (Å²) in [6, 6.07) is 0.880. The summed E-state index contributed by atoms with van der Waals surface area (Å²) in [4.78, 5) is 21.9. The molecule has 0 radical (unpaired) electrons. The molecular weight excluding hydrogens is 257 g/mol. The highest BCUT2D eigenvalue weighted by Crippen LogP contribution is 2.22. The van der Waals surface area contributed by atoms with Gasteiger partial charge in [-0.15, -0.1) is 0 Å². The zero-order chi connectivity index (χ0) is 13.5. The molecule has 0 aromatic carbocycles. The van der Waals surface area contributed by atoms with Crippen LogP contribution in [0.5, 0.6) is 0 Å². The molecule has 0 unspecified atom stereocenters. The monoisotopic (exact) mass is 264 g/mol. The molecule has 2 heterocycles. The Labute approximate surface area is 97.9 Å². The number of amides is 1. The van der Waals surface area contributed by atoms with Crippen LogP contribution in [-0.2, 0) is 6.54 Å². The number of hydrogen-bond acceptors (Lipinski definition) is 4. The highest BCUT2D eigenvalue weighted by Gasteiger charge is 2.38. The molecule has 1 aliphatic heterocycles. The van der Waals surface area contributed by atoms with Crippen LogP contribution in [0.25, 0.3) is 0 Å². The summed E-state index contributed by atoms with van der Waals surface area (Å²) >= 11 is 0. The van der Waals surface area contributed by atoms with Crippen molar-refractivity contribution in [3.63, 3.8) is 0 Å². The molecule has 7 nitrogen and oxygen atoms in total. The smallest absolute Gasteiger partial charge is 0.358 e. The van der Waals surface area contributed by atoms with Gasteiger partial charge in [0.05, 0.1) is 17.7 Å². The van der Waals surface area contributed by atoms with Gasteiger partial charge >= 0.3 is 12.0 Å². The lowest BCUT2D eigenvalue weighted by atomic mass is 10.3. The fourth-order valence-corrected chi connectivity index (χ4v) is 1.68. The number of nitrogens with zero attached hydrogens (tertiary/aromatic N) is 4. The molecule has 0 N–H and O–H groups in total. The Hall–Kier alpha value is -2.13. The number of alkyl halides is 3. The van der Waals surface area contributed by atoms with Crippen LogP contribution in [0, 0.1) is 10.1 Å². The van der Waals surface area contributed by atoms with Gasteiger partial charge in [-0.2, -0.15) is 17.9 Å². The van der Waals surface area contributed by atoms with Gasteiger partial charge < -0.3 is 15.0 Å². The van der Waals surface area contributed by atoms with E-state index in [-0.39, 0.29) is 18.8 Å². The van der Waals surface area contributed by atoms with Crippen molar-refractivity contribution in [2.24, 2.45) is 0 Å². The minimum atomic E-state index is -4.50. The molecular formula is C8H7F3N4O3. The highest BCUT2D eigenvalue weighted by atomic mass is 19.4. The summed E-state index contributed by atoms with van der Waals surface area (Å²) in [7, 11) is 0. The number of rotatable bonds is 2. The van der Waals surface area contributed by atoms with Crippen molar-refractivity contribution in [1.29, 1.82) is 0 Å². The lowest BCUT2D eigenvalue weighted by Crippen LogP contribution is -2.45. The second-order valence-corrected chi connectivity index (χ2v) is 3.71. The van der Waals surface area contributed by atoms with E-state index in [2.05, 4.69) is 5.10 Å². The van der Waals surface area contributed by atoms with Crippen LogP contribution in [0.1, 0.15) is 10.5 Å². The van der Waals surface area contributed by atoms with Crippen LogP contribution in [0.2, 0.25) is 0 Å². The number of fused-ring (bicyclic) bond motifs is 1. The lowest BCUT2D eigenvalue weighted by molar-refractivity contribution is -0.389. The molecule has 0 saturated carbocycles. The van der Waals surface area contributed by atoms with Crippen LogP contribution in [0.4, 0.5) is 19.0 Å². The van der Waals surface area contributed by atoms with Crippen molar-refractivity contribution in [3.05, 3.63) is 21.9 Å². The fraction of sp³-hybridized carbons (Fsp3) is 0.500. The molecule has 1 aromatic rings. The van der Waals surface area contributed by atoms with Crippen molar-refractivity contribution in [2.45, 2.75) is 12.7 Å². The van der Waals surface area contributed by atoms with Crippen molar-refractivity contribution in [3.8, 4) is 0 Å². The second-order valence-electron chi connectivity index (χ2n) is 3.71. The Morgan fingerprint density at radius 2 is 2.11 bits per heavy atom. The molecule has 1 amide bonds. The third-order valence-corrected chi connectivity index (χ3v) is 2.41. The van der Waals surface area contributed by atoms with Gasteiger partial charge in [-0.05, 0) is 4.92 Å². The quantitative estimate of drug-likeness (QED) is 0.584. The normalized spacial score (nSPS) is 15.7. The maximum Gasteiger partial charge on any atom is 0.406 e. The minimum absolute atomic E-state index is 0.00495. The van der Waals surface area contributed by atoms with Crippen molar-refractivity contribution in [2.75, 3.05) is 13.1 Å². The molecule has 1 aromatic heterocycles. The molecule has 2 rings (SSSR count). The van der Waals surface area contributed by atoms with Gasteiger partial charge in [0.15, 0.2) is 5.69 Å². The molecule has 1 aliphatic rings. The Morgan fingerprint density at radius 3 is 2.67 bits per heavy atom. The van der Waals surface area contributed by atoms with Gasteiger partial charge in [0, 0.05) is 6.54 Å². The molecule has 0 bridgehead atoms. The summed E-state index contributed by atoms with van der Waals surface area (Å²) in [6.07, 6.45) is -4.50. The first-order valence-corrected chi connectivity index (χ1v) is 4.86. The van der Waals surface area contributed by atoms with E-state index >= 15 is 0 Å². The van der Waals surface area contributed by atoms with E-state index in [9.17, 15) is 28.1 Å². The van der Waals surface area contributed by atoms with Gasteiger partial charge in [0.2, 0.25) is 0 Å². The first-order valence-electron chi connectivity index (χ1n) is 4.86. The predicted octanol–water partition coefficient (Wildman–Crippen LogP) is 0.809. The molecule has 0 saturated heterocycles. The number of carbonyl (C=O) groups excluding carboxylic acids is 1. The van der Waals surface area contributed by atoms with E-state index in [0.717, 1.165) is 10.7 Å². The molecule has 0 fully saturated rings. The molecule has 10 heteroatoms. The van der Waals surface area contributed by atoms with Crippen molar-refractivity contribution < 1.29 is 22.9 Å². The highest BCUT2D eigenvalue weighted by molar-refractivity contribution is 5.93. The predicted molar refractivity (Wildman–Crippen MR) is 50.8 cm³/mol. The van der Waals surface area contributed by atoms with Gasteiger partial charge in [-0.25, -0.2) is 0 Å². The third kappa shape index (κ3) is 2.26. The summed E-state index contributed by atoms with van der Waals surface area (Å²) in [6.45, 7) is -1.54. The number of halogens is 3. The summed E-state index contributed by atoms with van der Waals surface area (Å²) in [5, 5.41) is 14.0. The summed E-state index contributed by atoms with van der Waals surface area (Å²) in [5.41, 5.74) is -0.197. The van der Waals surface area contributed by atoms with Gasteiger partial charge in [-0.3, -0.25) is 4.79 Å². The second kappa shape index (κ2) is 3.96. The Kier molecular flexibility index (Phi) is 2.71. The van der Waals surface area contributed by atoms with Crippen LogP contribution >= 0.6 is 0 Å². The van der Waals surface area contributed by atoms with Crippen LogP contribution in [0.15, 0.2) is 6.07 Å². The maximum atomic E-state index is 12.2. The molecule has 0 atom stereocenters. The molecule has 98 valence electrons. The zero-order valence-electron chi connectivity index (χ0n) is 8.85. The topological polar surface area (TPSA) is 81.3 Å². The standard InChI is InChI=1S/C8H7F3N4O3/c9-8(10,11)4-13-1-2-14-5(7(13)16)3-6(12-14)15(17)18/h3H,1-2,4H2. The first kappa shape index (κ1) is 12.3. The van der Waals surface area contributed by atoms with E-state index in [1.807, 2.05) is 0 Å². The molecule has 18 heavy (non-hydrogen) atoms. The van der Waals surface area contributed by atoms with Gasteiger partial charge in [-0.1, -0.05) is 0 Å². The number of hydrogen-bond donors (Lipinski definition) is 0. The third-order valence-electron chi connectivity index (χ3n) is 2.41. The summed E-state index contributed by atoms with van der Waals surface area (Å²) in [5.74, 6) is -1.45. The van der Waals surface area contributed by atoms with Crippen LogP contribution in [-0.4, -0.2) is 44.8 Å². The Balaban J connectivity index is 2.25. The van der Waals surface area contributed by atoms with Gasteiger partial charge in [0.1, 0.15) is 6.54 Å². The van der Waals surface area contributed by atoms with E-state index in [1.165, 1.54) is 0 Å². The largest absolute Gasteiger partial charge is 0.406 e. The first-order chi connectivity index (χ1) is 8.28. The number of nitro groups is 1. The molecule has 0 aliphatic carbocycles. The Bertz CT molecular complexity index is 510.